The Kier molecular flexibility index (Phi) is 10.3. The Hall–Kier alpha value is -3.92. The predicted octanol–water partition coefficient (Wildman–Crippen LogP) is 14.2. The smallest absolute Gasteiger partial charge is 0.339 e. The topological polar surface area (TPSA) is 52.6 Å². The molecule has 0 amide bonds. The highest BCUT2D eigenvalue weighted by Gasteiger charge is 2.63. The van der Waals surface area contributed by atoms with Crippen LogP contribution in [0.5, 0.6) is 0 Å². The normalized spacial score (nSPS) is 29.8. The monoisotopic (exact) mass is 766 g/mol. The van der Waals surface area contributed by atoms with E-state index in [4.69, 9.17) is 9.47 Å². The molecule has 0 bridgehead atoms. The van der Waals surface area contributed by atoms with Crippen molar-refractivity contribution in [3.63, 3.8) is 0 Å². The molecule has 57 heavy (non-hydrogen) atoms. The van der Waals surface area contributed by atoms with Crippen molar-refractivity contribution < 1.29 is 19.1 Å². The molecule has 0 heterocycles. The lowest BCUT2D eigenvalue weighted by Crippen LogP contribution is -2.55. The third kappa shape index (κ3) is 6.47. The average molecular weight is 767 g/mol. The number of fused-ring (bicyclic) bond motifs is 6. The van der Waals surface area contributed by atoms with Crippen LogP contribution in [0, 0.1) is 45.3 Å². The summed E-state index contributed by atoms with van der Waals surface area (Å²) in [6.07, 6.45) is 13.3. The minimum Gasteiger partial charge on any atom is -0.465 e. The van der Waals surface area contributed by atoms with Gasteiger partial charge in [-0.3, -0.25) is 0 Å². The van der Waals surface area contributed by atoms with E-state index in [1.165, 1.54) is 58.5 Å². The minimum atomic E-state index is -0.428. The molecular formula is C53H66O4. The van der Waals surface area contributed by atoms with Crippen molar-refractivity contribution in [2.24, 2.45) is 45.3 Å². The van der Waals surface area contributed by atoms with Gasteiger partial charge in [-0.25, -0.2) is 9.59 Å². The van der Waals surface area contributed by atoms with Crippen LogP contribution in [0.2, 0.25) is 0 Å². The number of carbonyl (C=O) groups excluding carboxylic acids is 2. The van der Waals surface area contributed by atoms with E-state index in [-0.39, 0.29) is 28.3 Å². The molecule has 8 rings (SSSR count). The molecule has 0 spiro atoms. The molecule has 0 aromatic heterocycles. The summed E-state index contributed by atoms with van der Waals surface area (Å²) in [4.78, 5) is 28.1. The van der Waals surface area contributed by atoms with Gasteiger partial charge in [-0.1, -0.05) is 134 Å². The van der Waals surface area contributed by atoms with E-state index in [0.717, 1.165) is 58.6 Å². The molecule has 0 unspecified atom stereocenters. The molecule has 4 aliphatic carbocycles. The van der Waals surface area contributed by atoms with Gasteiger partial charge in [0.1, 0.15) is 6.10 Å². The first-order valence-corrected chi connectivity index (χ1v) is 22.2. The van der Waals surface area contributed by atoms with Crippen LogP contribution in [0.4, 0.5) is 0 Å². The van der Waals surface area contributed by atoms with Crippen LogP contribution < -0.4 is 0 Å². The molecule has 2 saturated carbocycles. The van der Waals surface area contributed by atoms with Crippen molar-refractivity contribution in [3.8, 4) is 11.1 Å². The largest absolute Gasteiger partial charge is 0.465 e. The molecule has 0 aliphatic heterocycles. The summed E-state index contributed by atoms with van der Waals surface area (Å²) in [5, 5.41) is 3.90. The van der Waals surface area contributed by atoms with Crippen LogP contribution in [0.3, 0.4) is 0 Å². The van der Waals surface area contributed by atoms with Crippen molar-refractivity contribution in [3.05, 3.63) is 95.1 Å². The fourth-order valence-corrected chi connectivity index (χ4v) is 13.4. The lowest BCUT2D eigenvalue weighted by Gasteiger charge is -2.62. The van der Waals surface area contributed by atoms with Crippen LogP contribution >= 0.6 is 0 Å². The van der Waals surface area contributed by atoms with E-state index in [2.05, 4.69) is 61.5 Å². The van der Waals surface area contributed by atoms with Crippen molar-refractivity contribution >= 4 is 33.5 Å². The number of carbonyl (C=O) groups is 2. The quantitative estimate of drug-likeness (QED) is 0.126. The zero-order chi connectivity index (χ0) is 40.5. The standard InChI is InChI=1S/C53H66O4/c1-33(2)15-14-16-34(3)43-23-27-53(8)45-21-22-46-50(4,5)47(25-26-51(46,6)44(45)24-28-52(43,53)7)57-49(55)42-32-38-20-13-11-18-36(38)30-40(42)39-29-35-17-10-12-19-37(35)31-41(39)48(54)56-9/h10-13,17-20,29-34,43,46-47H,14-16,21-28H2,1-9H3/t34-,43-,46+,47+,51-,52-,53+/m1/s1. The van der Waals surface area contributed by atoms with Gasteiger partial charge >= 0.3 is 11.9 Å². The van der Waals surface area contributed by atoms with Crippen molar-refractivity contribution in [1.29, 1.82) is 0 Å². The first kappa shape index (κ1) is 39.9. The first-order valence-electron chi connectivity index (χ1n) is 22.2. The van der Waals surface area contributed by atoms with Gasteiger partial charge in [0, 0.05) is 5.41 Å². The van der Waals surface area contributed by atoms with Crippen LogP contribution in [0.25, 0.3) is 32.7 Å². The van der Waals surface area contributed by atoms with E-state index in [1.54, 1.807) is 5.57 Å². The van der Waals surface area contributed by atoms with Crippen molar-refractivity contribution in [2.75, 3.05) is 7.11 Å². The van der Waals surface area contributed by atoms with Gasteiger partial charge in [0.25, 0.3) is 0 Å². The Bertz CT molecular complexity index is 2240. The van der Waals surface area contributed by atoms with Crippen LogP contribution in [-0.4, -0.2) is 25.2 Å². The fourth-order valence-electron chi connectivity index (χ4n) is 13.4. The SMILES string of the molecule is COC(=O)c1cc2ccccc2cc1-c1cc2ccccc2cc1C(=O)O[C@H]1CC[C@]2(C)C3=C(CC[C@H]2C1(C)C)[C@]1(C)CC[C@H]([C@H](C)CCCC(C)C)[C@@]1(C)CC3. The fraction of sp³-hybridized carbons (Fsp3) is 0.547. The molecule has 4 aromatic rings. The minimum absolute atomic E-state index is 0.111. The van der Waals surface area contributed by atoms with Gasteiger partial charge in [0.2, 0.25) is 0 Å². The third-order valence-electron chi connectivity index (χ3n) is 16.8. The number of hydrogen-bond donors (Lipinski definition) is 0. The number of rotatable bonds is 9. The molecule has 0 N–H and O–H groups in total. The molecule has 4 aromatic carbocycles. The summed E-state index contributed by atoms with van der Waals surface area (Å²) in [5.74, 6) is 2.05. The van der Waals surface area contributed by atoms with Crippen LogP contribution in [0.1, 0.15) is 147 Å². The molecule has 4 heteroatoms. The summed E-state index contributed by atoms with van der Waals surface area (Å²) in [6.45, 7) is 19.9. The molecule has 0 saturated heterocycles. The molecule has 0 radical (unpaired) electrons. The summed E-state index contributed by atoms with van der Waals surface area (Å²) in [5.41, 5.74) is 6.43. The lowest BCUT2D eigenvalue weighted by atomic mass is 9.43. The highest BCUT2D eigenvalue weighted by atomic mass is 16.5. The van der Waals surface area contributed by atoms with E-state index >= 15 is 0 Å². The Labute approximate surface area is 342 Å². The van der Waals surface area contributed by atoms with Gasteiger partial charge in [-0.05, 0) is 148 Å². The van der Waals surface area contributed by atoms with Crippen LogP contribution in [-0.2, 0) is 9.47 Å². The second-order valence-electron chi connectivity index (χ2n) is 20.4. The zero-order valence-electron chi connectivity index (χ0n) is 36.2. The van der Waals surface area contributed by atoms with Crippen molar-refractivity contribution in [1.82, 2.24) is 0 Å². The Morgan fingerprint density at radius 2 is 1.26 bits per heavy atom. The van der Waals surface area contributed by atoms with Gasteiger partial charge in [-0.2, -0.15) is 0 Å². The molecular weight excluding hydrogens is 701 g/mol. The van der Waals surface area contributed by atoms with E-state index in [9.17, 15) is 9.59 Å². The lowest BCUT2D eigenvalue weighted by molar-refractivity contribution is -0.104. The van der Waals surface area contributed by atoms with E-state index in [0.29, 0.717) is 33.6 Å². The Morgan fingerprint density at radius 1 is 0.684 bits per heavy atom. The third-order valence-corrected chi connectivity index (χ3v) is 16.8. The predicted molar refractivity (Wildman–Crippen MR) is 234 cm³/mol. The van der Waals surface area contributed by atoms with Gasteiger partial charge < -0.3 is 9.47 Å². The number of benzene rings is 4. The number of esters is 2. The number of ether oxygens (including phenoxy) is 2. The highest BCUT2D eigenvalue weighted by Crippen LogP contribution is 2.72. The molecule has 2 fully saturated rings. The molecule has 302 valence electrons. The second-order valence-corrected chi connectivity index (χ2v) is 20.4. The maximum Gasteiger partial charge on any atom is 0.339 e. The maximum atomic E-state index is 14.8. The van der Waals surface area contributed by atoms with Gasteiger partial charge in [0.05, 0.1) is 18.2 Å². The Balaban J connectivity index is 1.10. The summed E-state index contributed by atoms with van der Waals surface area (Å²) >= 11 is 0. The number of allylic oxidation sites excluding steroid dienone is 2. The Morgan fingerprint density at radius 3 is 1.84 bits per heavy atom. The van der Waals surface area contributed by atoms with E-state index in [1.807, 2.05) is 72.3 Å². The highest BCUT2D eigenvalue weighted by molar-refractivity contribution is 6.09. The molecule has 4 nitrogen and oxygen atoms in total. The number of methoxy groups -OCH3 is 1. The molecule has 7 atom stereocenters. The van der Waals surface area contributed by atoms with Gasteiger partial charge in [-0.15, -0.1) is 0 Å². The molecule has 4 aliphatic rings. The van der Waals surface area contributed by atoms with Gasteiger partial charge in [0.15, 0.2) is 0 Å². The summed E-state index contributed by atoms with van der Waals surface area (Å²) < 4.78 is 12.1. The maximum absolute atomic E-state index is 14.8. The van der Waals surface area contributed by atoms with Crippen LogP contribution in [0.15, 0.2) is 83.9 Å². The second kappa shape index (κ2) is 14.7. The van der Waals surface area contributed by atoms with Crippen molar-refractivity contribution in [2.45, 2.75) is 132 Å². The van der Waals surface area contributed by atoms with E-state index < -0.39 is 5.97 Å². The zero-order valence-corrected chi connectivity index (χ0v) is 36.2. The summed E-state index contributed by atoms with van der Waals surface area (Å²) in [6, 6.07) is 24.0. The first-order chi connectivity index (χ1) is 27.1. The summed E-state index contributed by atoms with van der Waals surface area (Å²) in [7, 11) is 1.41. The average Bonchev–Trinajstić information content (AvgIpc) is 3.48. The number of hydrogen-bond acceptors (Lipinski definition) is 4.